The van der Waals surface area contributed by atoms with Gasteiger partial charge in [-0.1, -0.05) is 13.3 Å². The number of ether oxygens (including phenoxy) is 1. The molecular weight excluding hydrogens is 240 g/mol. The normalized spacial score (nSPS) is 10.5. The molecule has 0 aliphatic carbocycles. The van der Waals surface area contributed by atoms with E-state index in [2.05, 4.69) is 22.2 Å². The molecule has 2 rings (SSSR count). The number of unbranched alkanes of at least 4 members (excludes halogenated alkanes) is 1. The zero-order valence-corrected chi connectivity index (χ0v) is 11.7. The summed E-state index contributed by atoms with van der Waals surface area (Å²) in [5.74, 6) is 2.40. The van der Waals surface area contributed by atoms with E-state index in [1.54, 1.807) is 12.5 Å². The molecule has 0 fully saturated rings. The van der Waals surface area contributed by atoms with Crippen LogP contribution in [0.3, 0.4) is 0 Å². The van der Waals surface area contributed by atoms with Gasteiger partial charge in [-0.05, 0) is 19.4 Å². The summed E-state index contributed by atoms with van der Waals surface area (Å²) in [4.78, 5) is 8.56. The first kappa shape index (κ1) is 13.4. The van der Waals surface area contributed by atoms with Crippen molar-refractivity contribution in [2.75, 3.05) is 11.9 Å². The van der Waals surface area contributed by atoms with Gasteiger partial charge in [0, 0.05) is 19.3 Å². The summed E-state index contributed by atoms with van der Waals surface area (Å²) < 4.78 is 7.62. The van der Waals surface area contributed by atoms with Crippen molar-refractivity contribution < 1.29 is 4.74 Å². The second kappa shape index (κ2) is 6.22. The fraction of sp³-hybridized carbons (Fsp3) is 0.429. The minimum atomic E-state index is 0.739. The number of nitrogens with zero attached hydrogens (tertiary/aromatic N) is 3. The second-order valence-electron chi connectivity index (χ2n) is 4.49. The Morgan fingerprint density at radius 1 is 1.37 bits per heavy atom. The van der Waals surface area contributed by atoms with E-state index in [0.717, 1.165) is 42.5 Å². The molecule has 2 heterocycles. The van der Waals surface area contributed by atoms with Crippen molar-refractivity contribution in [2.24, 2.45) is 7.05 Å². The third-order valence-electron chi connectivity index (χ3n) is 2.98. The van der Waals surface area contributed by atoms with Crippen LogP contribution in [0.25, 0.3) is 0 Å². The maximum atomic E-state index is 5.65. The van der Waals surface area contributed by atoms with Gasteiger partial charge in [0.25, 0.3) is 0 Å². The fourth-order valence-corrected chi connectivity index (χ4v) is 1.64. The summed E-state index contributed by atoms with van der Waals surface area (Å²) in [7, 11) is 1.96. The van der Waals surface area contributed by atoms with Gasteiger partial charge in [-0.3, -0.25) is 0 Å². The van der Waals surface area contributed by atoms with Crippen LogP contribution in [0.15, 0.2) is 24.7 Å². The van der Waals surface area contributed by atoms with E-state index in [1.807, 2.05) is 30.7 Å². The fourth-order valence-electron chi connectivity index (χ4n) is 1.64. The average Bonchev–Trinajstić information content (AvgIpc) is 2.72. The number of hydrogen-bond donors (Lipinski definition) is 1. The molecule has 0 unspecified atom stereocenters. The molecule has 5 heteroatoms. The molecule has 0 saturated heterocycles. The quantitative estimate of drug-likeness (QED) is 0.811. The molecule has 5 nitrogen and oxygen atoms in total. The van der Waals surface area contributed by atoms with Crippen LogP contribution in [-0.2, 0) is 7.05 Å². The first-order valence-corrected chi connectivity index (χ1v) is 6.54. The highest BCUT2D eigenvalue weighted by molar-refractivity contribution is 5.55. The number of anilines is 2. The van der Waals surface area contributed by atoms with Crippen LogP contribution in [0.2, 0.25) is 0 Å². The molecule has 0 aromatic carbocycles. The third-order valence-corrected chi connectivity index (χ3v) is 2.98. The lowest BCUT2D eigenvalue weighted by Crippen LogP contribution is -2.00. The number of rotatable bonds is 6. The van der Waals surface area contributed by atoms with Crippen molar-refractivity contribution in [3.63, 3.8) is 0 Å². The zero-order chi connectivity index (χ0) is 13.7. The van der Waals surface area contributed by atoms with Gasteiger partial charge in [0.1, 0.15) is 11.6 Å². The Hall–Kier alpha value is -2.04. The van der Waals surface area contributed by atoms with Crippen molar-refractivity contribution in [1.29, 1.82) is 0 Å². The number of pyridine rings is 1. The Morgan fingerprint density at radius 3 is 2.89 bits per heavy atom. The van der Waals surface area contributed by atoms with E-state index >= 15 is 0 Å². The Balaban J connectivity index is 2.04. The minimum absolute atomic E-state index is 0.739. The molecule has 0 spiro atoms. The molecule has 2 aromatic rings. The molecular formula is C14H20N4O. The van der Waals surface area contributed by atoms with Gasteiger partial charge in [-0.2, -0.15) is 0 Å². The predicted molar refractivity (Wildman–Crippen MR) is 75.9 cm³/mol. The molecule has 0 amide bonds. The smallest absolute Gasteiger partial charge is 0.152 e. The summed E-state index contributed by atoms with van der Waals surface area (Å²) >= 11 is 0. The summed E-state index contributed by atoms with van der Waals surface area (Å²) in [5.41, 5.74) is 1.07. The first-order chi connectivity index (χ1) is 9.20. The van der Waals surface area contributed by atoms with E-state index in [9.17, 15) is 0 Å². The topological polar surface area (TPSA) is 52.0 Å². The lowest BCUT2D eigenvalue weighted by molar-refractivity contribution is 0.309. The highest BCUT2D eigenvalue weighted by atomic mass is 16.5. The zero-order valence-electron chi connectivity index (χ0n) is 11.7. The lowest BCUT2D eigenvalue weighted by atomic mass is 10.3. The minimum Gasteiger partial charge on any atom is -0.493 e. The maximum absolute atomic E-state index is 5.65. The third kappa shape index (κ3) is 3.47. The van der Waals surface area contributed by atoms with Crippen LogP contribution in [-0.4, -0.2) is 21.1 Å². The van der Waals surface area contributed by atoms with Crippen LogP contribution in [0.5, 0.6) is 5.75 Å². The highest BCUT2D eigenvalue weighted by Crippen LogP contribution is 2.20. The summed E-state index contributed by atoms with van der Waals surface area (Å²) in [6, 6.07) is 3.76. The Labute approximate surface area is 113 Å². The van der Waals surface area contributed by atoms with E-state index in [1.165, 1.54) is 0 Å². The van der Waals surface area contributed by atoms with Gasteiger partial charge in [-0.25, -0.2) is 9.97 Å². The monoisotopic (exact) mass is 260 g/mol. The van der Waals surface area contributed by atoms with Gasteiger partial charge >= 0.3 is 0 Å². The Morgan fingerprint density at radius 2 is 2.21 bits per heavy atom. The molecule has 19 heavy (non-hydrogen) atoms. The lowest BCUT2D eigenvalue weighted by Gasteiger charge is -2.08. The molecule has 2 aromatic heterocycles. The number of hydrogen-bond acceptors (Lipinski definition) is 4. The van der Waals surface area contributed by atoms with Crippen molar-refractivity contribution in [3.05, 3.63) is 30.4 Å². The Kier molecular flexibility index (Phi) is 4.39. The standard InChI is InChI=1S/C14H20N4O/c1-4-5-8-19-12-6-7-15-13(9-12)17-14-11(2)18(3)10-16-14/h6-7,9-10H,4-5,8H2,1-3H3,(H,15,17). The molecule has 0 radical (unpaired) electrons. The number of aromatic nitrogens is 3. The van der Waals surface area contributed by atoms with E-state index < -0.39 is 0 Å². The van der Waals surface area contributed by atoms with Gasteiger partial charge in [0.2, 0.25) is 0 Å². The van der Waals surface area contributed by atoms with Gasteiger partial charge < -0.3 is 14.6 Å². The van der Waals surface area contributed by atoms with Gasteiger partial charge in [0.05, 0.1) is 18.6 Å². The SMILES string of the molecule is CCCCOc1ccnc(Nc2ncn(C)c2C)c1. The molecule has 0 atom stereocenters. The van der Waals surface area contributed by atoms with Gasteiger partial charge in [-0.15, -0.1) is 0 Å². The van der Waals surface area contributed by atoms with Crippen molar-refractivity contribution in [2.45, 2.75) is 26.7 Å². The molecule has 0 aliphatic rings. The van der Waals surface area contributed by atoms with Crippen LogP contribution in [0.4, 0.5) is 11.6 Å². The summed E-state index contributed by atoms with van der Waals surface area (Å²) in [5, 5.41) is 3.20. The van der Waals surface area contributed by atoms with Crippen LogP contribution in [0.1, 0.15) is 25.5 Å². The summed E-state index contributed by atoms with van der Waals surface area (Å²) in [6.45, 7) is 4.90. The maximum Gasteiger partial charge on any atom is 0.152 e. The highest BCUT2D eigenvalue weighted by Gasteiger charge is 2.05. The average molecular weight is 260 g/mol. The summed E-state index contributed by atoms with van der Waals surface area (Å²) in [6.07, 6.45) is 5.70. The molecule has 0 saturated carbocycles. The van der Waals surface area contributed by atoms with Crippen molar-refractivity contribution in [1.82, 2.24) is 14.5 Å². The largest absolute Gasteiger partial charge is 0.493 e. The first-order valence-electron chi connectivity index (χ1n) is 6.54. The number of nitrogens with one attached hydrogen (secondary N) is 1. The Bertz CT molecular complexity index is 536. The molecule has 102 valence electrons. The van der Waals surface area contributed by atoms with E-state index in [4.69, 9.17) is 4.74 Å². The molecule has 1 N–H and O–H groups in total. The van der Waals surface area contributed by atoms with E-state index in [0.29, 0.717) is 0 Å². The number of aryl methyl sites for hydroxylation is 1. The second-order valence-corrected chi connectivity index (χ2v) is 4.49. The van der Waals surface area contributed by atoms with Crippen LogP contribution < -0.4 is 10.1 Å². The van der Waals surface area contributed by atoms with Crippen LogP contribution in [0, 0.1) is 6.92 Å². The molecule has 0 aliphatic heterocycles. The van der Waals surface area contributed by atoms with Gasteiger partial charge in [0.15, 0.2) is 5.82 Å². The van der Waals surface area contributed by atoms with Crippen molar-refractivity contribution in [3.8, 4) is 5.75 Å². The van der Waals surface area contributed by atoms with Crippen LogP contribution >= 0.6 is 0 Å². The number of imidazole rings is 1. The molecule has 0 bridgehead atoms. The van der Waals surface area contributed by atoms with E-state index in [-0.39, 0.29) is 0 Å². The van der Waals surface area contributed by atoms with Crippen molar-refractivity contribution >= 4 is 11.6 Å². The predicted octanol–water partition coefficient (Wildman–Crippen LogP) is 3.05.